The van der Waals surface area contributed by atoms with Gasteiger partial charge in [0.25, 0.3) is 0 Å². The van der Waals surface area contributed by atoms with Crippen LogP contribution in [0, 0.1) is 11.3 Å². The van der Waals surface area contributed by atoms with Crippen molar-refractivity contribution in [3.63, 3.8) is 0 Å². The summed E-state index contributed by atoms with van der Waals surface area (Å²) in [6, 6.07) is 10.0. The topological polar surface area (TPSA) is 36.3 Å². The minimum absolute atomic E-state index is 0.528. The fraction of sp³-hybridized carbons (Fsp3) is 0.533. The summed E-state index contributed by atoms with van der Waals surface area (Å²) >= 11 is 0. The number of para-hydroxylation sites is 1. The van der Waals surface area contributed by atoms with Gasteiger partial charge in [-0.15, -0.1) is 0 Å². The van der Waals surface area contributed by atoms with E-state index in [1.807, 2.05) is 18.2 Å². The molecule has 0 atom stereocenters. The van der Waals surface area contributed by atoms with Crippen molar-refractivity contribution in [2.24, 2.45) is 0 Å². The summed E-state index contributed by atoms with van der Waals surface area (Å²) in [5, 5.41) is 8.96. The third kappa shape index (κ3) is 4.38. The smallest absolute Gasteiger partial charge is 0.137 e. The van der Waals surface area contributed by atoms with E-state index in [-0.39, 0.29) is 0 Å². The lowest BCUT2D eigenvalue weighted by molar-refractivity contribution is 0.176. The molecule has 0 spiro atoms. The van der Waals surface area contributed by atoms with Crippen LogP contribution in [0.25, 0.3) is 0 Å². The van der Waals surface area contributed by atoms with Crippen molar-refractivity contribution in [3.05, 3.63) is 29.8 Å². The van der Waals surface area contributed by atoms with Crippen molar-refractivity contribution >= 4 is 0 Å². The molecular formula is C15H22N2O. The molecular weight excluding hydrogens is 224 g/mol. The first kappa shape index (κ1) is 14.5. The third-order valence-corrected chi connectivity index (χ3v) is 2.88. The summed E-state index contributed by atoms with van der Waals surface area (Å²) in [7, 11) is 0. The van der Waals surface area contributed by atoms with Crippen LogP contribution in [0.5, 0.6) is 5.75 Å². The second-order valence-electron chi connectivity index (χ2n) is 4.59. The highest BCUT2D eigenvalue weighted by Gasteiger charge is 2.08. The third-order valence-electron chi connectivity index (χ3n) is 2.88. The predicted octanol–water partition coefficient (Wildman–Crippen LogP) is 3.06. The highest BCUT2D eigenvalue weighted by atomic mass is 16.5. The minimum Gasteiger partial charge on any atom is -0.491 e. The average molecular weight is 246 g/mol. The summed E-state index contributed by atoms with van der Waals surface area (Å²) in [4.78, 5) is 2.38. The number of hydrogen-bond donors (Lipinski definition) is 0. The predicted molar refractivity (Wildman–Crippen MR) is 73.7 cm³/mol. The normalized spacial score (nSPS) is 10.7. The van der Waals surface area contributed by atoms with Gasteiger partial charge >= 0.3 is 0 Å². The van der Waals surface area contributed by atoms with Crippen LogP contribution in [0.15, 0.2) is 24.3 Å². The molecule has 0 saturated carbocycles. The van der Waals surface area contributed by atoms with Crippen LogP contribution in [0.2, 0.25) is 0 Å². The largest absolute Gasteiger partial charge is 0.491 e. The van der Waals surface area contributed by atoms with E-state index in [1.54, 1.807) is 6.07 Å². The van der Waals surface area contributed by atoms with Crippen LogP contribution in [0.1, 0.15) is 32.8 Å². The average Bonchev–Trinajstić information content (AvgIpc) is 2.38. The lowest BCUT2D eigenvalue weighted by Crippen LogP contribution is -2.35. The maximum Gasteiger partial charge on any atom is 0.137 e. The molecule has 0 fully saturated rings. The van der Waals surface area contributed by atoms with Crippen LogP contribution in [0.4, 0.5) is 0 Å². The van der Waals surface area contributed by atoms with E-state index >= 15 is 0 Å². The zero-order valence-corrected chi connectivity index (χ0v) is 11.5. The summed E-state index contributed by atoms with van der Waals surface area (Å²) < 4.78 is 5.69. The standard InChI is InChI=1S/C15H22N2O/c1-4-9-17(13(2)3)10-11-18-15-8-6-5-7-14(15)12-16/h5-8,13H,4,9-11H2,1-3H3. The Bertz CT molecular complexity index is 396. The number of nitrogens with zero attached hydrogens (tertiary/aromatic N) is 2. The molecule has 0 aromatic heterocycles. The highest BCUT2D eigenvalue weighted by Crippen LogP contribution is 2.16. The Labute approximate surface area is 110 Å². The molecule has 0 aliphatic rings. The van der Waals surface area contributed by atoms with Crippen molar-refractivity contribution in [1.29, 1.82) is 5.26 Å². The number of ether oxygens (including phenoxy) is 1. The first-order chi connectivity index (χ1) is 8.69. The van der Waals surface area contributed by atoms with E-state index in [0.29, 0.717) is 24.0 Å². The maximum atomic E-state index is 8.96. The van der Waals surface area contributed by atoms with Gasteiger partial charge in [0.15, 0.2) is 0 Å². The second-order valence-corrected chi connectivity index (χ2v) is 4.59. The maximum absolute atomic E-state index is 8.96. The zero-order chi connectivity index (χ0) is 13.4. The summed E-state index contributed by atoms with van der Waals surface area (Å²) in [5.74, 6) is 0.681. The van der Waals surface area contributed by atoms with Crippen molar-refractivity contribution in [1.82, 2.24) is 4.90 Å². The van der Waals surface area contributed by atoms with E-state index < -0.39 is 0 Å². The van der Waals surface area contributed by atoms with Gasteiger partial charge in [-0.05, 0) is 38.9 Å². The summed E-state index contributed by atoms with van der Waals surface area (Å²) in [5.41, 5.74) is 0.601. The van der Waals surface area contributed by atoms with Gasteiger partial charge in [0, 0.05) is 12.6 Å². The molecule has 0 N–H and O–H groups in total. The lowest BCUT2D eigenvalue weighted by atomic mass is 10.2. The second kappa shape index (κ2) is 7.73. The minimum atomic E-state index is 0.528. The van der Waals surface area contributed by atoms with Crippen LogP contribution < -0.4 is 4.74 Å². The molecule has 0 aliphatic carbocycles. The molecule has 3 heteroatoms. The Morgan fingerprint density at radius 2 is 2.00 bits per heavy atom. The van der Waals surface area contributed by atoms with Gasteiger partial charge < -0.3 is 4.74 Å². The molecule has 0 unspecified atom stereocenters. The number of hydrogen-bond acceptors (Lipinski definition) is 3. The van der Waals surface area contributed by atoms with Crippen molar-refractivity contribution in [2.45, 2.75) is 33.2 Å². The van der Waals surface area contributed by atoms with Gasteiger partial charge in [-0.1, -0.05) is 19.1 Å². The fourth-order valence-electron chi connectivity index (χ4n) is 1.87. The molecule has 18 heavy (non-hydrogen) atoms. The van der Waals surface area contributed by atoms with Crippen molar-refractivity contribution in [3.8, 4) is 11.8 Å². The van der Waals surface area contributed by atoms with Crippen LogP contribution in [0.3, 0.4) is 0 Å². The Kier molecular flexibility index (Phi) is 6.24. The SMILES string of the molecule is CCCN(CCOc1ccccc1C#N)C(C)C. The fourth-order valence-corrected chi connectivity index (χ4v) is 1.87. The quantitative estimate of drug-likeness (QED) is 0.742. The number of benzene rings is 1. The number of rotatable bonds is 7. The van der Waals surface area contributed by atoms with Gasteiger partial charge in [0.1, 0.15) is 18.4 Å². The summed E-state index contributed by atoms with van der Waals surface area (Å²) in [6.07, 6.45) is 1.15. The van der Waals surface area contributed by atoms with Gasteiger partial charge in [-0.3, -0.25) is 4.90 Å². The molecule has 1 rings (SSSR count). The summed E-state index contributed by atoms with van der Waals surface area (Å²) in [6.45, 7) is 9.17. The van der Waals surface area contributed by atoms with Gasteiger partial charge in [-0.25, -0.2) is 0 Å². The first-order valence-corrected chi connectivity index (χ1v) is 6.55. The van der Waals surface area contributed by atoms with E-state index in [4.69, 9.17) is 10.00 Å². The molecule has 1 aromatic carbocycles. The molecule has 0 amide bonds. The van der Waals surface area contributed by atoms with Crippen molar-refractivity contribution in [2.75, 3.05) is 19.7 Å². The molecule has 0 bridgehead atoms. The Hall–Kier alpha value is -1.53. The van der Waals surface area contributed by atoms with E-state index in [1.165, 1.54) is 0 Å². The first-order valence-electron chi connectivity index (χ1n) is 6.55. The van der Waals surface area contributed by atoms with Gasteiger partial charge in [0.2, 0.25) is 0 Å². The molecule has 1 aromatic rings. The van der Waals surface area contributed by atoms with Crippen LogP contribution >= 0.6 is 0 Å². The van der Waals surface area contributed by atoms with Crippen molar-refractivity contribution < 1.29 is 4.74 Å². The molecule has 0 radical (unpaired) electrons. The van der Waals surface area contributed by atoms with E-state index in [0.717, 1.165) is 19.5 Å². The zero-order valence-electron chi connectivity index (χ0n) is 11.5. The van der Waals surface area contributed by atoms with Gasteiger partial charge in [-0.2, -0.15) is 5.26 Å². The van der Waals surface area contributed by atoms with Crippen LogP contribution in [-0.2, 0) is 0 Å². The molecule has 0 aliphatic heterocycles. The Balaban J connectivity index is 2.48. The monoisotopic (exact) mass is 246 g/mol. The van der Waals surface area contributed by atoms with E-state index in [2.05, 4.69) is 31.7 Å². The lowest BCUT2D eigenvalue weighted by Gasteiger charge is -2.25. The molecule has 3 nitrogen and oxygen atoms in total. The van der Waals surface area contributed by atoms with Gasteiger partial charge in [0.05, 0.1) is 5.56 Å². The number of nitriles is 1. The molecule has 0 saturated heterocycles. The highest BCUT2D eigenvalue weighted by molar-refractivity contribution is 5.42. The Morgan fingerprint density at radius 1 is 1.28 bits per heavy atom. The van der Waals surface area contributed by atoms with Crippen LogP contribution in [-0.4, -0.2) is 30.6 Å². The Morgan fingerprint density at radius 3 is 2.61 bits per heavy atom. The molecule has 0 heterocycles. The van der Waals surface area contributed by atoms with E-state index in [9.17, 15) is 0 Å². The molecule has 98 valence electrons.